The van der Waals surface area contributed by atoms with Crippen LogP contribution in [0.1, 0.15) is 73.7 Å². The predicted molar refractivity (Wildman–Crippen MR) is 140 cm³/mol. The standard InChI is InChI=1S/C30H32FN3O3/c1-3-27(31)37-26-16-21(15-25(36-2)29(26)24(35)8-6-7-20-9-10-20)23-18-33-28-17-22(11-14-34(23)28)30(19-32)12-4-5-13-30/h3,11,14-18,20,27H,1,4-10,12-13H2,2H3. The summed E-state index contributed by atoms with van der Waals surface area (Å²) in [6.45, 7) is 3.46. The number of methoxy groups -OCH3 is 1. The number of ether oxygens (including phenoxy) is 2. The minimum Gasteiger partial charge on any atom is -0.496 e. The molecular weight excluding hydrogens is 469 g/mol. The van der Waals surface area contributed by atoms with Gasteiger partial charge in [-0.25, -0.2) is 4.98 Å². The number of hydrogen-bond acceptors (Lipinski definition) is 5. The smallest absolute Gasteiger partial charge is 0.257 e. The van der Waals surface area contributed by atoms with Gasteiger partial charge < -0.3 is 9.47 Å². The Hall–Kier alpha value is -3.66. The van der Waals surface area contributed by atoms with Gasteiger partial charge in [0, 0.05) is 18.2 Å². The van der Waals surface area contributed by atoms with Crippen molar-refractivity contribution in [3.8, 4) is 28.8 Å². The molecule has 2 aromatic heterocycles. The number of carbonyl (C=O) groups is 1. The number of pyridine rings is 1. The van der Waals surface area contributed by atoms with Crippen LogP contribution < -0.4 is 9.47 Å². The number of benzene rings is 1. The van der Waals surface area contributed by atoms with Gasteiger partial charge in [0.2, 0.25) is 0 Å². The van der Waals surface area contributed by atoms with E-state index in [1.807, 2.05) is 22.7 Å². The summed E-state index contributed by atoms with van der Waals surface area (Å²) in [5.74, 6) is 1.06. The third-order valence-electron chi connectivity index (χ3n) is 7.74. The second kappa shape index (κ2) is 10.4. The van der Waals surface area contributed by atoms with Gasteiger partial charge in [0.05, 0.1) is 30.5 Å². The maximum atomic E-state index is 14.3. The summed E-state index contributed by atoms with van der Waals surface area (Å²) in [4.78, 5) is 17.8. The van der Waals surface area contributed by atoms with E-state index < -0.39 is 11.8 Å². The van der Waals surface area contributed by atoms with Crippen molar-refractivity contribution in [2.24, 2.45) is 5.92 Å². The molecule has 192 valence electrons. The topological polar surface area (TPSA) is 76.6 Å². The number of fused-ring (bicyclic) bond motifs is 1. The lowest BCUT2D eigenvalue weighted by Gasteiger charge is -2.21. The number of rotatable bonds is 11. The van der Waals surface area contributed by atoms with Crippen LogP contribution in [0.5, 0.6) is 11.5 Å². The molecule has 0 N–H and O–H groups in total. The van der Waals surface area contributed by atoms with E-state index in [1.165, 1.54) is 20.0 Å². The van der Waals surface area contributed by atoms with E-state index in [9.17, 15) is 14.4 Å². The molecule has 2 aliphatic carbocycles. The van der Waals surface area contributed by atoms with Crippen LogP contribution in [-0.4, -0.2) is 28.6 Å². The Labute approximate surface area is 216 Å². The normalized spacial score (nSPS) is 17.3. The summed E-state index contributed by atoms with van der Waals surface area (Å²) in [6.07, 6.45) is 11.4. The van der Waals surface area contributed by atoms with E-state index in [0.29, 0.717) is 23.4 Å². The number of nitriles is 1. The fourth-order valence-electron chi connectivity index (χ4n) is 5.45. The van der Waals surface area contributed by atoms with Crippen molar-refractivity contribution in [2.75, 3.05) is 7.11 Å². The third kappa shape index (κ3) is 4.98. The molecule has 0 amide bonds. The monoisotopic (exact) mass is 501 g/mol. The molecule has 5 rings (SSSR count). The SMILES string of the molecule is C=CC(F)Oc1cc(-c2cnc3cc(C4(C#N)CCCC4)ccn23)cc(OC)c1C(=O)CCCC1CC1. The van der Waals surface area contributed by atoms with Gasteiger partial charge in [-0.05, 0) is 61.1 Å². The second-order valence-electron chi connectivity index (χ2n) is 10.2. The number of halogens is 1. The fraction of sp³-hybridized carbons (Fsp3) is 0.433. The number of carbonyl (C=O) groups excluding carboxylic acids is 1. The van der Waals surface area contributed by atoms with Crippen LogP contribution in [0.15, 0.2) is 49.3 Å². The van der Waals surface area contributed by atoms with Crippen molar-refractivity contribution < 1.29 is 18.7 Å². The number of alkyl halides is 1. The van der Waals surface area contributed by atoms with Crippen molar-refractivity contribution in [2.45, 2.75) is 69.6 Å². The summed E-state index contributed by atoms with van der Waals surface area (Å²) < 4.78 is 27.4. The molecule has 0 bridgehead atoms. The Kier molecular flexibility index (Phi) is 7.01. The molecule has 3 aromatic rings. The molecule has 2 saturated carbocycles. The first-order valence-corrected chi connectivity index (χ1v) is 13.1. The van der Waals surface area contributed by atoms with Gasteiger partial charge in [-0.15, -0.1) is 0 Å². The van der Waals surface area contributed by atoms with E-state index in [4.69, 9.17) is 9.47 Å². The van der Waals surface area contributed by atoms with Crippen LogP contribution >= 0.6 is 0 Å². The van der Waals surface area contributed by atoms with Crippen molar-refractivity contribution in [3.63, 3.8) is 0 Å². The molecule has 1 unspecified atom stereocenters. The molecule has 37 heavy (non-hydrogen) atoms. The molecule has 7 heteroatoms. The quantitative estimate of drug-likeness (QED) is 0.209. The van der Waals surface area contributed by atoms with E-state index >= 15 is 0 Å². The highest BCUT2D eigenvalue weighted by Gasteiger charge is 2.36. The molecule has 6 nitrogen and oxygen atoms in total. The summed E-state index contributed by atoms with van der Waals surface area (Å²) in [5.41, 5.74) is 2.90. The van der Waals surface area contributed by atoms with Crippen LogP contribution in [0.3, 0.4) is 0 Å². The van der Waals surface area contributed by atoms with E-state index in [0.717, 1.165) is 61.8 Å². The maximum absolute atomic E-state index is 14.3. The van der Waals surface area contributed by atoms with E-state index in [-0.39, 0.29) is 17.1 Å². The van der Waals surface area contributed by atoms with Gasteiger partial charge in [-0.3, -0.25) is 9.20 Å². The Morgan fingerprint density at radius 3 is 2.76 bits per heavy atom. The van der Waals surface area contributed by atoms with Crippen LogP contribution in [0.4, 0.5) is 4.39 Å². The number of aromatic nitrogens is 2. The molecule has 0 saturated heterocycles. The molecule has 2 fully saturated rings. The Morgan fingerprint density at radius 1 is 1.32 bits per heavy atom. The highest BCUT2D eigenvalue weighted by molar-refractivity contribution is 6.02. The summed E-state index contributed by atoms with van der Waals surface area (Å²) in [5, 5.41) is 9.89. The molecule has 1 aromatic carbocycles. The first-order valence-electron chi connectivity index (χ1n) is 13.1. The van der Waals surface area contributed by atoms with Gasteiger partial charge in [0.15, 0.2) is 5.78 Å². The lowest BCUT2D eigenvalue weighted by molar-refractivity contribution is 0.0941. The van der Waals surface area contributed by atoms with Gasteiger partial charge in [0.25, 0.3) is 6.36 Å². The zero-order valence-electron chi connectivity index (χ0n) is 21.2. The van der Waals surface area contributed by atoms with Crippen molar-refractivity contribution >= 4 is 11.4 Å². The maximum Gasteiger partial charge on any atom is 0.257 e. The third-order valence-corrected chi connectivity index (χ3v) is 7.74. The first-order chi connectivity index (χ1) is 18.0. The number of nitrogens with zero attached hydrogens (tertiary/aromatic N) is 3. The highest BCUT2D eigenvalue weighted by Crippen LogP contribution is 2.42. The van der Waals surface area contributed by atoms with Crippen LogP contribution in [0, 0.1) is 17.2 Å². The van der Waals surface area contributed by atoms with E-state index in [1.54, 1.807) is 18.3 Å². The average molecular weight is 502 g/mol. The zero-order chi connectivity index (χ0) is 26.0. The van der Waals surface area contributed by atoms with Crippen molar-refractivity contribution in [1.82, 2.24) is 9.38 Å². The second-order valence-corrected chi connectivity index (χ2v) is 10.2. The first kappa shape index (κ1) is 25.0. The summed E-state index contributed by atoms with van der Waals surface area (Å²) >= 11 is 0. The zero-order valence-corrected chi connectivity index (χ0v) is 21.2. The Balaban J connectivity index is 1.52. The van der Waals surface area contributed by atoms with Crippen LogP contribution in [0.25, 0.3) is 16.9 Å². The van der Waals surface area contributed by atoms with Crippen molar-refractivity contribution in [1.29, 1.82) is 5.26 Å². The molecule has 1 atom stereocenters. The van der Waals surface area contributed by atoms with Crippen molar-refractivity contribution in [3.05, 3.63) is 60.4 Å². The predicted octanol–water partition coefficient (Wildman–Crippen LogP) is 6.97. The Bertz CT molecular complexity index is 1360. The number of Topliss-reactive ketones (excluding diaryl/α,β-unsaturated/α-hetero) is 1. The van der Waals surface area contributed by atoms with Gasteiger partial charge in [0.1, 0.15) is 22.7 Å². The minimum absolute atomic E-state index is 0.124. The number of ketones is 1. The average Bonchev–Trinajstić information content (AvgIpc) is 3.43. The summed E-state index contributed by atoms with van der Waals surface area (Å²) in [7, 11) is 1.49. The molecule has 2 aliphatic rings. The minimum atomic E-state index is -1.77. The van der Waals surface area contributed by atoms with Crippen LogP contribution in [0.2, 0.25) is 0 Å². The lowest BCUT2D eigenvalue weighted by atomic mass is 9.81. The number of imidazole rings is 1. The molecule has 0 aliphatic heterocycles. The fourth-order valence-corrected chi connectivity index (χ4v) is 5.45. The molecular formula is C30H32FN3O3. The van der Waals surface area contributed by atoms with Gasteiger partial charge >= 0.3 is 0 Å². The lowest BCUT2D eigenvalue weighted by Crippen LogP contribution is -2.19. The van der Waals surface area contributed by atoms with E-state index in [2.05, 4.69) is 17.6 Å². The largest absolute Gasteiger partial charge is 0.496 e. The number of hydrogen-bond donors (Lipinski definition) is 0. The van der Waals surface area contributed by atoms with Gasteiger partial charge in [-0.1, -0.05) is 38.7 Å². The molecule has 0 spiro atoms. The van der Waals surface area contributed by atoms with Crippen LogP contribution in [-0.2, 0) is 5.41 Å². The van der Waals surface area contributed by atoms with Gasteiger partial charge in [-0.2, -0.15) is 9.65 Å². The highest BCUT2D eigenvalue weighted by atomic mass is 19.1. The molecule has 0 radical (unpaired) electrons. The Morgan fingerprint density at radius 2 is 2.08 bits per heavy atom. The molecule has 2 heterocycles. The summed E-state index contributed by atoms with van der Waals surface area (Å²) in [6, 6.07) is 9.93.